The molecule has 0 unspecified atom stereocenters. The molecular formula is C19H24N2O2S. The quantitative estimate of drug-likeness (QED) is 0.802. The van der Waals surface area contributed by atoms with E-state index in [0.717, 1.165) is 23.7 Å². The number of amides is 2. The van der Waals surface area contributed by atoms with E-state index in [1.165, 1.54) is 11.3 Å². The highest BCUT2D eigenvalue weighted by molar-refractivity contribution is 8.18. The second-order valence-corrected chi connectivity index (χ2v) is 8.57. The molecule has 0 radical (unpaired) electrons. The van der Waals surface area contributed by atoms with Gasteiger partial charge in [0.1, 0.15) is 0 Å². The summed E-state index contributed by atoms with van der Waals surface area (Å²) in [5, 5.41) is 2.00. The summed E-state index contributed by atoms with van der Waals surface area (Å²) in [6.45, 7) is 11.3. The second kappa shape index (κ2) is 5.96. The summed E-state index contributed by atoms with van der Waals surface area (Å²) in [6.07, 6.45) is 2.89. The number of hydrogen-bond donors (Lipinski definition) is 1. The van der Waals surface area contributed by atoms with Crippen LogP contribution in [0.2, 0.25) is 0 Å². The van der Waals surface area contributed by atoms with Crippen molar-refractivity contribution in [3.63, 3.8) is 0 Å². The number of carbonyl (C=O) groups excluding carboxylic acids is 2. The normalized spacial score (nSPS) is 24.5. The molecule has 1 fully saturated rings. The van der Waals surface area contributed by atoms with Gasteiger partial charge in [0, 0.05) is 17.3 Å². The van der Waals surface area contributed by atoms with Crippen LogP contribution in [-0.2, 0) is 4.79 Å². The van der Waals surface area contributed by atoms with Gasteiger partial charge in [0.05, 0.1) is 4.91 Å². The number of fused-ring (bicyclic) bond motifs is 1. The number of carbonyl (C=O) groups is 2. The van der Waals surface area contributed by atoms with E-state index in [2.05, 4.69) is 57.0 Å². The molecule has 1 aromatic rings. The van der Waals surface area contributed by atoms with Gasteiger partial charge in [-0.2, -0.15) is 0 Å². The van der Waals surface area contributed by atoms with Gasteiger partial charge in [-0.15, -0.1) is 0 Å². The number of nitrogens with one attached hydrogen (secondary N) is 1. The maximum absolute atomic E-state index is 11.7. The summed E-state index contributed by atoms with van der Waals surface area (Å²) < 4.78 is 0. The average molecular weight is 344 g/mol. The predicted molar refractivity (Wildman–Crippen MR) is 100 cm³/mol. The Labute approximate surface area is 147 Å². The fraction of sp³-hybridized carbons (Fsp3) is 0.474. The van der Waals surface area contributed by atoms with Crippen LogP contribution in [-0.4, -0.2) is 22.7 Å². The third kappa shape index (κ3) is 2.97. The highest BCUT2D eigenvalue weighted by atomic mass is 32.2. The van der Waals surface area contributed by atoms with Crippen LogP contribution in [0.1, 0.15) is 58.1 Å². The minimum absolute atomic E-state index is 0.119. The highest BCUT2D eigenvalue weighted by Crippen LogP contribution is 2.45. The van der Waals surface area contributed by atoms with Crippen molar-refractivity contribution >= 4 is 34.7 Å². The number of benzene rings is 1. The van der Waals surface area contributed by atoms with Gasteiger partial charge in [-0.25, -0.2) is 0 Å². The Kier molecular flexibility index (Phi) is 4.24. The molecule has 2 aliphatic rings. The highest BCUT2D eigenvalue weighted by Gasteiger charge is 2.37. The van der Waals surface area contributed by atoms with Crippen LogP contribution in [0, 0.1) is 0 Å². The van der Waals surface area contributed by atoms with Gasteiger partial charge in [0.2, 0.25) is 0 Å². The number of rotatable bonds is 2. The van der Waals surface area contributed by atoms with Crippen molar-refractivity contribution in [2.45, 2.75) is 58.5 Å². The van der Waals surface area contributed by atoms with E-state index in [4.69, 9.17) is 0 Å². The molecule has 1 N–H and O–H groups in total. The van der Waals surface area contributed by atoms with Crippen molar-refractivity contribution < 1.29 is 9.59 Å². The number of anilines is 1. The third-order valence-electron chi connectivity index (χ3n) is 4.76. The lowest BCUT2D eigenvalue weighted by Gasteiger charge is -2.50. The Morgan fingerprint density at radius 3 is 2.62 bits per heavy atom. The molecule has 24 heavy (non-hydrogen) atoms. The van der Waals surface area contributed by atoms with Crippen LogP contribution in [0.25, 0.3) is 6.08 Å². The lowest BCUT2D eigenvalue weighted by Crippen LogP contribution is -2.51. The van der Waals surface area contributed by atoms with E-state index in [0.29, 0.717) is 16.9 Å². The molecule has 2 aliphatic heterocycles. The number of thioether (sulfide) groups is 1. The first kappa shape index (κ1) is 17.1. The predicted octanol–water partition coefficient (Wildman–Crippen LogP) is 4.51. The van der Waals surface area contributed by atoms with Crippen LogP contribution in [0.15, 0.2) is 23.1 Å². The van der Waals surface area contributed by atoms with Crippen LogP contribution in [0.5, 0.6) is 0 Å². The van der Waals surface area contributed by atoms with Crippen molar-refractivity contribution in [2.24, 2.45) is 0 Å². The molecule has 1 aromatic carbocycles. The first-order valence-corrected chi connectivity index (χ1v) is 9.19. The summed E-state index contributed by atoms with van der Waals surface area (Å²) in [6, 6.07) is 6.77. The van der Waals surface area contributed by atoms with Gasteiger partial charge >= 0.3 is 0 Å². The largest absolute Gasteiger partial charge is 0.364 e. The molecule has 4 nitrogen and oxygen atoms in total. The fourth-order valence-electron chi connectivity index (χ4n) is 4.11. The first-order chi connectivity index (χ1) is 11.2. The molecule has 5 heteroatoms. The van der Waals surface area contributed by atoms with Crippen molar-refractivity contribution in [2.75, 3.05) is 4.90 Å². The molecule has 1 atom stereocenters. The molecular weight excluding hydrogens is 320 g/mol. The Balaban J connectivity index is 2.02. The van der Waals surface area contributed by atoms with E-state index in [-0.39, 0.29) is 16.7 Å². The fourth-order valence-corrected chi connectivity index (χ4v) is 4.79. The summed E-state index contributed by atoms with van der Waals surface area (Å²) >= 11 is 0.963. The molecule has 2 amide bonds. The van der Waals surface area contributed by atoms with E-state index >= 15 is 0 Å². The van der Waals surface area contributed by atoms with Crippen LogP contribution < -0.4 is 10.2 Å². The van der Waals surface area contributed by atoms with E-state index in [1.54, 1.807) is 6.08 Å². The zero-order valence-electron chi connectivity index (χ0n) is 14.8. The van der Waals surface area contributed by atoms with Crippen LogP contribution in [0.3, 0.4) is 0 Å². The zero-order valence-corrected chi connectivity index (χ0v) is 15.7. The topological polar surface area (TPSA) is 49.4 Å². The molecule has 2 heterocycles. The van der Waals surface area contributed by atoms with Gasteiger partial charge < -0.3 is 4.90 Å². The maximum Gasteiger partial charge on any atom is 0.290 e. The van der Waals surface area contributed by atoms with Gasteiger partial charge in [0.25, 0.3) is 11.1 Å². The van der Waals surface area contributed by atoms with E-state index < -0.39 is 0 Å². The average Bonchev–Trinajstić information content (AvgIpc) is 2.76. The Bertz CT molecular complexity index is 737. The minimum atomic E-state index is -0.305. The van der Waals surface area contributed by atoms with Gasteiger partial charge in [-0.05, 0) is 81.1 Å². The zero-order chi connectivity index (χ0) is 17.6. The molecule has 1 saturated heterocycles. The monoisotopic (exact) mass is 344 g/mol. The third-order valence-corrected chi connectivity index (χ3v) is 5.57. The standard InChI is InChI=1S/C19H24N2O2S/c1-11(2)21-15-7-6-13(9-16-17(22)20-18(23)24-16)8-14(15)12(3)10-19(21,4)5/h6-9,11-12H,10H2,1-5H3,(H,20,22,23)/b16-9+/t12-/m1/s1. The molecule has 0 aromatic heterocycles. The van der Waals surface area contributed by atoms with Gasteiger partial charge in [-0.1, -0.05) is 13.0 Å². The SMILES string of the molecule is CC(C)N1c2ccc(/C=C3/SC(=O)NC3=O)cc2[C@H](C)CC1(C)C. The van der Waals surface area contributed by atoms with Crippen molar-refractivity contribution in [1.29, 1.82) is 0 Å². The summed E-state index contributed by atoms with van der Waals surface area (Å²) in [7, 11) is 0. The second-order valence-electron chi connectivity index (χ2n) is 7.55. The first-order valence-electron chi connectivity index (χ1n) is 8.37. The summed E-state index contributed by atoms with van der Waals surface area (Å²) in [5.74, 6) is 0.149. The molecule has 0 spiro atoms. The van der Waals surface area contributed by atoms with Gasteiger partial charge in [-0.3, -0.25) is 14.9 Å². The Hall–Kier alpha value is -1.75. The lowest BCUT2D eigenvalue weighted by atomic mass is 9.79. The van der Waals surface area contributed by atoms with Crippen LogP contribution in [0.4, 0.5) is 10.5 Å². The number of imide groups is 1. The van der Waals surface area contributed by atoms with Crippen molar-refractivity contribution in [3.05, 3.63) is 34.2 Å². The summed E-state index contributed by atoms with van der Waals surface area (Å²) in [5.41, 5.74) is 3.67. The Morgan fingerprint density at radius 1 is 1.33 bits per heavy atom. The van der Waals surface area contributed by atoms with Crippen molar-refractivity contribution in [3.8, 4) is 0 Å². The molecule has 3 rings (SSSR count). The van der Waals surface area contributed by atoms with E-state index in [9.17, 15) is 9.59 Å². The Morgan fingerprint density at radius 2 is 2.04 bits per heavy atom. The minimum Gasteiger partial charge on any atom is -0.364 e. The van der Waals surface area contributed by atoms with Crippen LogP contribution >= 0.6 is 11.8 Å². The molecule has 0 bridgehead atoms. The molecule has 128 valence electrons. The van der Waals surface area contributed by atoms with Crippen molar-refractivity contribution in [1.82, 2.24) is 5.32 Å². The lowest BCUT2D eigenvalue weighted by molar-refractivity contribution is -0.115. The number of hydrogen-bond acceptors (Lipinski definition) is 4. The molecule has 0 aliphatic carbocycles. The van der Waals surface area contributed by atoms with E-state index in [1.807, 2.05) is 6.07 Å². The maximum atomic E-state index is 11.7. The summed E-state index contributed by atoms with van der Waals surface area (Å²) in [4.78, 5) is 26.0. The number of nitrogens with zero attached hydrogens (tertiary/aromatic N) is 1. The van der Waals surface area contributed by atoms with Gasteiger partial charge in [0.15, 0.2) is 0 Å². The molecule has 0 saturated carbocycles. The smallest absolute Gasteiger partial charge is 0.290 e.